The van der Waals surface area contributed by atoms with Crippen LogP contribution in [0.5, 0.6) is 0 Å². The summed E-state index contributed by atoms with van der Waals surface area (Å²) in [5.74, 6) is 0.691. The van der Waals surface area contributed by atoms with Crippen molar-refractivity contribution in [3.05, 3.63) is 146 Å². The maximum absolute atomic E-state index is 6.40. The lowest BCUT2D eigenvalue weighted by atomic mass is 9.98. The van der Waals surface area contributed by atoms with E-state index in [2.05, 4.69) is 103 Å². The highest BCUT2D eigenvalue weighted by molar-refractivity contribution is 6.17. The molecular formula is C38H24N2O. The minimum atomic E-state index is 0.691. The van der Waals surface area contributed by atoms with Gasteiger partial charge < -0.3 is 4.42 Å². The van der Waals surface area contributed by atoms with E-state index in [1.165, 1.54) is 16.7 Å². The van der Waals surface area contributed by atoms with Crippen molar-refractivity contribution in [3.8, 4) is 44.9 Å². The summed E-state index contributed by atoms with van der Waals surface area (Å²) in [5.41, 5.74) is 10.2. The Bertz CT molecular complexity index is 2180. The number of para-hydroxylation sites is 1. The quantitative estimate of drug-likeness (QED) is 0.230. The molecule has 0 atom stereocenters. The van der Waals surface area contributed by atoms with Gasteiger partial charge in [0.25, 0.3) is 0 Å². The van der Waals surface area contributed by atoms with Crippen LogP contribution in [0.4, 0.5) is 0 Å². The topological polar surface area (TPSA) is 38.9 Å². The van der Waals surface area contributed by atoms with Gasteiger partial charge in [-0.15, -0.1) is 0 Å². The molecule has 2 heterocycles. The summed E-state index contributed by atoms with van der Waals surface area (Å²) in [6.45, 7) is 0. The number of nitrogens with zero attached hydrogens (tertiary/aromatic N) is 2. The van der Waals surface area contributed by atoms with Gasteiger partial charge in [-0.25, -0.2) is 9.97 Å². The van der Waals surface area contributed by atoms with Crippen LogP contribution in [0.2, 0.25) is 0 Å². The van der Waals surface area contributed by atoms with Crippen molar-refractivity contribution in [1.29, 1.82) is 0 Å². The second-order valence-electron chi connectivity index (χ2n) is 10.2. The Morgan fingerprint density at radius 1 is 0.415 bits per heavy atom. The van der Waals surface area contributed by atoms with E-state index in [1.807, 2.05) is 42.5 Å². The van der Waals surface area contributed by atoms with Gasteiger partial charge >= 0.3 is 0 Å². The smallest absolute Gasteiger partial charge is 0.160 e. The van der Waals surface area contributed by atoms with Gasteiger partial charge in [-0.1, -0.05) is 121 Å². The van der Waals surface area contributed by atoms with Gasteiger partial charge in [-0.05, 0) is 46.5 Å². The van der Waals surface area contributed by atoms with Crippen molar-refractivity contribution in [2.45, 2.75) is 0 Å². The molecule has 0 aliphatic heterocycles. The van der Waals surface area contributed by atoms with Crippen molar-refractivity contribution >= 4 is 32.8 Å². The van der Waals surface area contributed by atoms with Gasteiger partial charge in [0, 0.05) is 21.9 Å². The zero-order chi connectivity index (χ0) is 27.2. The zero-order valence-corrected chi connectivity index (χ0v) is 22.2. The van der Waals surface area contributed by atoms with Crippen LogP contribution in [0, 0.1) is 0 Å². The van der Waals surface area contributed by atoms with Crippen LogP contribution in [-0.4, -0.2) is 9.97 Å². The molecule has 192 valence electrons. The lowest BCUT2D eigenvalue weighted by Crippen LogP contribution is -1.95. The molecule has 0 unspecified atom stereocenters. The summed E-state index contributed by atoms with van der Waals surface area (Å²) in [5, 5.41) is 3.10. The number of rotatable bonds is 4. The molecule has 0 saturated carbocycles. The minimum absolute atomic E-state index is 0.691. The molecule has 8 rings (SSSR count). The highest BCUT2D eigenvalue weighted by Gasteiger charge is 2.18. The van der Waals surface area contributed by atoms with E-state index in [-0.39, 0.29) is 0 Å². The molecule has 3 nitrogen and oxygen atoms in total. The van der Waals surface area contributed by atoms with Gasteiger partial charge in [0.15, 0.2) is 5.82 Å². The minimum Gasteiger partial charge on any atom is -0.455 e. The van der Waals surface area contributed by atoms with Crippen molar-refractivity contribution in [3.63, 3.8) is 0 Å². The summed E-state index contributed by atoms with van der Waals surface area (Å²) < 4.78 is 6.40. The molecule has 0 aliphatic rings. The number of aromatic nitrogens is 2. The van der Waals surface area contributed by atoms with Crippen LogP contribution in [0.1, 0.15) is 0 Å². The second kappa shape index (κ2) is 9.58. The first-order valence-electron chi connectivity index (χ1n) is 13.8. The van der Waals surface area contributed by atoms with Gasteiger partial charge in [-0.3, -0.25) is 0 Å². The largest absolute Gasteiger partial charge is 0.455 e. The van der Waals surface area contributed by atoms with E-state index in [0.29, 0.717) is 5.82 Å². The lowest BCUT2D eigenvalue weighted by Gasteiger charge is -2.11. The average Bonchev–Trinajstić information content (AvgIpc) is 3.44. The van der Waals surface area contributed by atoms with E-state index < -0.39 is 0 Å². The maximum Gasteiger partial charge on any atom is 0.160 e. The first-order valence-corrected chi connectivity index (χ1v) is 13.8. The third kappa shape index (κ3) is 4.07. The Morgan fingerprint density at radius 2 is 1.02 bits per heavy atom. The standard InChI is InChI=1S/C38H24N2O/c1-3-10-25(11-4-1)29-14-9-15-30(24-29)26-18-20-28(21-19-26)38-39-33-23-22-32-31-16-7-8-17-34(31)41-37(32)35(33)36(40-38)27-12-5-2-6-13-27/h1-24H. The van der Waals surface area contributed by atoms with Crippen LogP contribution in [-0.2, 0) is 0 Å². The molecule has 6 aromatic carbocycles. The highest BCUT2D eigenvalue weighted by atomic mass is 16.3. The predicted molar refractivity (Wildman–Crippen MR) is 169 cm³/mol. The monoisotopic (exact) mass is 524 g/mol. The number of hydrogen-bond donors (Lipinski definition) is 0. The van der Waals surface area contributed by atoms with E-state index in [9.17, 15) is 0 Å². The Labute approximate surface area is 237 Å². The SMILES string of the molecule is c1ccc(-c2cccc(-c3ccc(-c4nc(-c5ccccc5)c5c(ccc6c7ccccc7oc65)n4)cc3)c2)cc1. The fraction of sp³-hybridized carbons (Fsp3) is 0. The Hall–Kier alpha value is -5.54. The maximum atomic E-state index is 6.40. The summed E-state index contributed by atoms with van der Waals surface area (Å²) >= 11 is 0. The lowest BCUT2D eigenvalue weighted by molar-refractivity contribution is 0.672. The number of benzene rings is 6. The van der Waals surface area contributed by atoms with Crippen LogP contribution >= 0.6 is 0 Å². The van der Waals surface area contributed by atoms with Crippen LogP contribution in [0.15, 0.2) is 150 Å². The van der Waals surface area contributed by atoms with Crippen LogP contribution < -0.4 is 0 Å². The summed E-state index contributed by atoms with van der Waals surface area (Å²) in [6, 6.07) is 50.3. The molecule has 0 saturated heterocycles. The molecule has 8 aromatic rings. The average molecular weight is 525 g/mol. The molecule has 0 radical (unpaired) electrons. The Balaban J connectivity index is 1.26. The summed E-state index contributed by atoms with van der Waals surface area (Å²) in [7, 11) is 0. The fourth-order valence-corrected chi connectivity index (χ4v) is 5.66. The van der Waals surface area contributed by atoms with Gasteiger partial charge in [0.2, 0.25) is 0 Å². The van der Waals surface area contributed by atoms with Crippen molar-refractivity contribution < 1.29 is 4.42 Å². The van der Waals surface area contributed by atoms with Crippen LogP contribution in [0.3, 0.4) is 0 Å². The first-order chi connectivity index (χ1) is 20.3. The molecule has 0 N–H and O–H groups in total. The second-order valence-corrected chi connectivity index (χ2v) is 10.2. The summed E-state index contributed by atoms with van der Waals surface area (Å²) in [4.78, 5) is 10.2. The molecule has 0 aliphatic carbocycles. The van der Waals surface area contributed by atoms with E-state index in [1.54, 1.807) is 0 Å². The first kappa shape index (κ1) is 23.4. The van der Waals surface area contributed by atoms with E-state index >= 15 is 0 Å². The third-order valence-electron chi connectivity index (χ3n) is 7.70. The summed E-state index contributed by atoms with van der Waals surface area (Å²) in [6.07, 6.45) is 0. The highest BCUT2D eigenvalue weighted by Crippen LogP contribution is 2.38. The number of fused-ring (bicyclic) bond motifs is 5. The molecule has 0 spiro atoms. The molecular weight excluding hydrogens is 500 g/mol. The van der Waals surface area contributed by atoms with Crippen LogP contribution in [0.25, 0.3) is 77.7 Å². The Kier molecular flexibility index (Phi) is 5.46. The van der Waals surface area contributed by atoms with Crippen molar-refractivity contribution in [2.24, 2.45) is 0 Å². The molecule has 2 aromatic heterocycles. The molecule has 41 heavy (non-hydrogen) atoms. The molecule has 0 amide bonds. The Morgan fingerprint density at radius 3 is 1.78 bits per heavy atom. The fourth-order valence-electron chi connectivity index (χ4n) is 5.66. The van der Waals surface area contributed by atoms with Gasteiger partial charge in [-0.2, -0.15) is 0 Å². The van der Waals surface area contributed by atoms with E-state index in [0.717, 1.165) is 55.2 Å². The number of furan rings is 1. The molecule has 0 fully saturated rings. The van der Waals surface area contributed by atoms with Gasteiger partial charge in [0.1, 0.15) is 11.2 Å². The van der Waals surface area contributed by atoms with E-state index in [4.69, 9.17) is 14.4 Å². The zero-order valence-electron chi connectivity index (χ0n) is 22.2. The van der Waals surface area contributed by atoms with Crippen molar-refractivity contribution in [2.75, 3.05) is 0 Å². The normalized spacial score (nSPS) is 11.4. The number of hydrogen-bond acceptors (Lipinski definition) is 3. The predicted octanol–water partition coefficient (Wildman–Crippen LogP) is 10.2. The van der Waals surface area contributed by atoms with Crippen molar-refractivity contribution in [1.82, 2.24) is 9.97 Å². The molecule has 0 bridgehead atoms. The third-order valence-corrected chi connectivity index (χ3v) is 7.70. The molecule has 3 heteroatoms. The van der Waals surface area contributed by atoms with Gasteiger partial charge in [0.05, 0.1) is 16.6 Å².